The van der Waals surface area contributed by atoms with Gasteiger partial charge < -0.3 is 21.3 Å². The number of anilines is 3. The second-order valence-corrected chi connectivity index (χ2v) is 7.75. The number of H-pyrrole nitrogens is 1. The van der Waals surface area contributed by atoms with Crippen LogP contribution in [0.5, 0.6) is 0 Å². The minimum atomic E-state index is -0.690. The summed E-state index contributed by atoms with van der Waals surface area (Å²) in [4.78, 5) is 53.6. The maximum atomic E-state index is 13.1. The Kier molecular flexibility index (Phi) is 10.2. The van der Waals surface area contributed by atoms with Crippen molar-refractivity contribution in [2.45, 2.75) is 58.9 Å². The summed E-state index contributed by atoms with van der Waals surface area (Å²) in [5.74, 6) is -0.374. The van der Waals surface area contributed by atoms with Crippen LogP contribution in [-0.2, 0) is 11.3 Å². The summed E-state index contributed by atoms with van der Waals surface area (Å²) >= 11 is 0. The zero-order valence-corrected chi connectivity index (χ0v) is 19.4. The monoisotopic (exact) mass is 458 g/mol. The molecule has 33 heavy (non-hydrogen) atoms. The molecule has 10 heteroatoms. The number of urea groups is 1. The van der Waals surface area contributed by atoms with Crippen LogP contribution in [0.1, 0.15) is 52.4 Å². The molecular formula is C23H34N6O4. The lowest BCUT2D eigenvalue weighted by Crippen LogP contribution is -2.42. The van der Waals surface area contributed by atoms with Crippen LogP contribution in [0.4, 0.5) is 22.0 Å². The van der Waals surface area contributed by atoms with Crippen molar-refractivity contribution in [2.24, 2.45) is 0 Å². The van der Waals surface area contributed by atoms with E-state index in [1.807, 2.05) is 19.9 Å². The second kappa shape index (κ2) is 13.1. The number of hydrogen-bond donors (Lipinski definition) is 4. The van der Waals surface area contributed by atoms with E-state index in [1.165, 1.54) is 9.47 Å². The first-order valence-corrected chi connectivity index (χ1v) is 11.4. The molecular weight excluding hydrogens is 424 g/mol. The maximum Gasteiger partial charge on any atom is 0.330 e. The topological polar surface area (TPSA) is 142 Å². The van der Waals surface area contributed by atoms with Crippen LogP contribution in [0.2, 0.25) is 0 Å². The van der Waals surface area contributed by atoms with Gasteiger partial charge in [0, 0.05) is 31.7 Å². The average Bonchev–Trinajstić information content (AvgIpc) is 2.78. The fourth-order valence-corrected chi connectivity index (χ4v) is 3.37. The molecule has 2 aromatic rings. The number of aromatic nitrogens is 2. The number of amides is 3. The third-order valence-corrected chi connectivity index (χ3v) is 5.16. The van der Waals surface area contributed by atoms with E-state index in [1.54, 1.807) is 24.3 Å². The number of nitrogens with two attached hydrogens (primary N) is 1. The molecule has 0 fully saturated rings. The van der Waals surface area contributed by atoms with E-state index >= 15 is 0 Å². The Hall–Kier alpha value is -3.56. The van der Waals surface area contributed by atoms with Gasteiger partial charge in [0.1, 0.15) is 5.82 Å². The second-order valence-electron chi connectivity index (χ2n) is 7.75. The lowest BCUT2D eigenvalue weighted by molar-refractivity contribution is -0.118. The van der Waals surface area contributed by atoms with Gasteiger partial charge in [0.15, 0.2) is 5.69 Å². The third kappa shape index (κ3) is 7.51. The molecule has 0 bridgehead atoms. The van der Waals surface area contributed by atoms with Gasteiger partial charge in [-0.1, -0.05) is 51.3 Å². The summed E-state index contributed by atoms with van der Waals surface area (Å²) in [5, 5.41) is 5.33. The molecule has 0 aliphatic rings. The van der Waals surface area contributed by atoms with Crippen molar-refractivity contribution in [3.63, 3.8) is 0 Å². The molecule has 10 nitrogen and oxygen atoms in total. The number of nitrogen functional groups attached to an aromatic ring is 1. The Bertz CT molecular complexity index is 1030. The maximum absolute atomic E-state index is 13.1. The molecule has 1 aromatic heterocycles. The van der Waals surface area contributed by atoms with Crippen molar-refractivity contribution in [1.82, 2.24) is 14.9 Å². The number of carbonyl (C=O) groups excluding carboxylic acids is 2. The van der Waals surface area contributed by atoms with E-state index in [9.17, 15) is 19.2 Å². The number of unbranched alkanes of at least 4 members (excludes halogenated alkanes) is 3. The van der Waals surface area contributed by atoms with E-state index < -0.39 is 17.3 Å². The average molecular weight is 459 g/mol. The van der Waals surface area contributed by atoms with Crippen LogP contribution in [-0.4, -0.2) is 34.6 Å². The van der Waals surface area contributed by atoms with Gasteiger partial charge in [-0.3, -0.25) is 19.1 Å². The van der Waals surface area contributed by atoms with Gasteiger partial charge in [-0.25, -0.2) is 9.59 Å². The van der Waals surface area contributed by atoms with Crippen molar-refractivity contribution in [1.29, 1.82) is 0 Å². The number of carbonyl (C=O) groups is 2. The number of benzene rings is 1. The molecule has 0 saturated carbocycles. The Labute approximate surface area is 193 Å². The first kappa shape index (κ1) is 25.7. The lowest BCUT2D eigenvalue weighted by atomic mass is 10.2. The Balaban J connectivity index is 2.15. The van der Waals surface area contributed by atoms with Gasteiger partial charge in [-0.2, -0.15) is 0 Å². The summed E-state index contributed by atoms with van der Waals surface area (Å²) in [5.41, 5.74) is 5.54. The summed E-state index contributed by atoms with van der Waals surface area (Å²) in [6, 6.07) is 8.51. The van der Waals surface area contributed by atoms with Gasteiger partial charge >= 0.3 is 11.7 Å². The third-order valence-electron chi connectivity index (χ3n) is 5.16. The zero-order chi connectivity index (χ0) is 24.2. The highest BCUT2D eigenvalue weighted by atomic mass is 16.2. The minimum Gasteiger partial charge on any atom is -0.383 e. The van der Waals surface area contributed by atoms with Crippen molar-refractivity contribution >= 4 is 29.1 Å². The molecule has 0 unspecified atom stereocenters. The fraction of sp³-hybridized carbons (Fsp3) is 0.478. The molecule has 0 aliphatic heterocycles. The van der Waals surface area contributed by atoms with E-state index in [4.69, 9.17) is 5.73 Å². The zero-order valence-electron chi connectivity index (χ0n) is 19.4. The normalized spacial score (nSPS) is 10.6. The highest BCUT2D eigenvalue weighted by Gasteiger charge is 2.23. The molecule has 0 radical (unpaired) electrons. The van der Waals surface area contributed by atoms with Crippen LogP contribution >= 0.6 is 0 Å². The SMILES string of the molecule is CCCCCN(C(=O)CCNC(=O)Nc1ccccc1)c1c(N)n(CCCC)c(=O)[nH]c1=O. The number of nitrogens with one attached hydrogen (secondary N) is 3. The quantitative estimate of drug-likeness (QED) is 0.362. The Morgan fingerprint density at radius 1 is 1.06 bits per heavy atom. The molecule has 5 N–H and O–H groups in total. The highest BCUT2D eigenvalue weighted by Crippen LogP contribution is 2.19. The molecule has 0 spiro atoms. The van der Waals surface area contributed by atoms with Gasteiger partial charge in [0.05, 0.1) is 0 Å². The molecule has 0 aliphatic carbocycles. The van der Waals surface area contributed by atoms with Crippen LogP contribution in [0.3, 0.4) is 0 Å². The van der Waals surface area contributed by atoms with E-state index in [-0.39, 0.29) is 30.4 Å². The van der Waals surface area contributed by atoms with Crippen LogP contribution in [0.15, 0.2) is 39.9 Å². The van der Waals surface area contributed by atoms with Crippen molar-refractivity contribution in [2.75, 3.05) is 29.0 Å². The molecule has 0 atom stereocenters. The number of rotatable bonds is 12. The van der Waals surface area contributed by atoms with Crippen molar-refractivity contribution < 1.29 is 9.59 Å². The number of para-hydroxylation sites is 1. The van der Waals surface area contributed by atoms with Gasteiger partial charge in [-0.05, 0) is 25.0 Å². The summed E-state index contributed by atoms with van der Waals surface area (Å²) in [6.45, 7) is 4.74. The molecule has 1 aromatic carbocycles. The lowest BCUT2D eigenvalue weighted by Gasteiger charge is -2.24. The summed E-state index contributed by atoms with van der Waals surface area (Å²) < 4.78 is 1.30. The first-order valence-electron chi connectivity index (χ1n) is 11.4. The molecule has 0 saturated heterocycles. The van der Waals surface area contributed by atoms with E-state index in [0.717, 1.165) is 19.3 Å². The van der Waals surface area contributed by atoms with Gasteiger partial charge in [0.25, 0.3) is 5.56 Å². The van der Waals surface area contributed by atoms with Gasteiger partial charge in [0.2, 0.25) is 5.91 Å². The van der Waals surface area contributed by atoms with Crippen molar-refractivity contribution in [3.8, 4) is 0 Å². The van der Waals surface area contributed by atoms with Gasteiger partial charge in [-0.15, -0.1) is 0 Å². The molecule has 180 valence electrons. The van der Waals surface area contributed by atoms with Crippen LogP contribution in [0.25, 0.3) is 0 Å². The van der Waals surface area contributed by atoms with Crippen LogP contribution < -0.4 is 32.5 Å². The predicted octanol–water partition coefficient (Wildman–Crippen LogP) is 2.65. The Morgan fingerprint density at radius 3 is 2.42 bits per heavy atom. The molecule has 1 heterocycles. The standard InChI is InChI=1S/C23H34N6O4/c1-3-5-10-16-28(19-20(24)29(15-6-4-2)23(33)27-21(19)31)18(30)13-14-25-22(32)26-17-11-8-7-9-12-17/h7-9,11-12H,3-6,10,13-16,24H2,1-2H3,(H2,25,26,32)(H,27,31,33). The molecule has 3 amide bonds. The summed E-state index contributed by atoms with van der Waals surface area (Å²) in [7, 11) is 0. The Morgan fingerprint density at radius 2 is 1.76 bits per heavy atom. The van der Waals surface area contributed by atoms with Crippen molar-refractivity contribution in [3.05, 3.63) is 51.2 Å². The van der Waals surface area contributed by atoms with E-state index in [2.05, 4.69) is 15.6 Å². The summed E-state index contributed by atoms with van der Waals surface area (Å²) in [6.07, 6.45) is 4.01. The fourth-order valence-electron chi connectivity index (χ4n) is 3.37. The van der Waals surface area contributed by atoms with Crippen LogP contribution in [0, 0.1) is 0 Å². The number of hydrogen-bond acceptors (Lipinski definition) is 5. The molecule has 2 rings (SSSR count). The minimum absolute atomic E-state index is 0.0134. The number of nitrogens with zero attached hydrogens (tertiary/aromatic N) is 2. The number of aromatic amines is 1. The smallest absolute Gasteiger partial charge is 0.330 e. The predicted molar refractivity (Wildman–Crippen MR) is 131 cm³/mol. The largest absolute Gasteiger partial charge is 0.383 e. The first-order chi connectivity index (χ1) is 15.9. The van der Waals surface area contributed by atoms with E-state index in [0.29, 0.717) is 31.6 Å². The highest BCUT2D eigenvalue weighted by molar-refractivity contribution is 5.96.